The number of benzene rings is 1. The Morgan fingerprint density at radius 3 is 2.55 bits per heavy atom. The van der Waals surface area contributed by atoms with Crippen LogP contribution >= 0.6 is 0 Å². The van der Waals surface area contributed by atoms with E-state index in [1.807, 2.05) is 19.1 Å². The summed E-state index contributed by atoms with van der Waals surface area (Å²) in [5, 5.41) is 11.6. The second-order valence-electron chi connectivity index (χ2n) is 4.33. The van der Waals surface area contributed by atoms with Gasteiger partial charge < -0.3 is 10.0 Å². The van der Waals surface area contributed by atoms with Crippen molar-refractivity contribution in [2.24, 2.45) is 0 Å². The zero-order valence-corrected chi connectivity index (χ0v) is 11.4. The molecule has 0 atom stereocenters. The molecule has 106 valence electrons. The van der Waals surface area contributed by atoms with Gasteiger partial charge >= 0.3 is 5.97 Å². The van der Waals surface area contributed by atoms with Crippen molar-refractivity contribution < 1.29 is 14.7 Å². The lowest BCUT2D eigenvalue weighted by Crippen LogP contribution is -2.39. The summed E-state index contributed by atoms with van der Waals surface area (Å²) in [7, 11) is 0. The van der Waals surface area contributed by atoms with Crippen molar-refractivity contribution in [2.75, 3.05) is 24.5 Å². The van der Waals surface area contributed by atoms with Gasteiger partial charge in [0.25, 0.3) is 0 Å². The number of carboxylic acid groups (broad SMARTS) is 1. The van der Waals surface area contributed by atoms with Gasteiger partial charge in [0.1, 0.15) is 0 Å². The predicted molar refractivity (Wildman–Crippen MR) is 77.5 cm³/mol. The fraction of sp³-hybridized carbons (Fsp3) is 0.333. The van der Waals surface area contributed by atoms with E-state index in [4.69, 9.17) is 11.5 Å². The number of nitrogens with one attached hydrogen (secondary N) is 1. The van der Waals surface area contributed by atoms with Crippen molar-refractivity contribution in [2.45, 2.75) is 13.3 Å². The first-order valence-corrected chi connectivity index (χ1v) is 6.27. The van der Waals surface area contributed by atoms with Gasteiger partial charge in [-0.2, -0.15) is 0 Å². The summed E-state index contributed by atoms with van der Waals surface area (Å²) in [6.45, 7) is 2.46. The van der Waals surface area contributed by atoms with Crippen LogP contribution in [0.2, 0.25) is 0 Å². The Labute approximate surface area is 118 Å². The van der Waals surface area contributed by atoms with E-state index >= 15 is 0 Å². The number of rotatable bonds is 7. The maximum Gasteiger partial charge on any atom is 0.305 e. The molecule has 20 heavy (non-hydrogen) atoms. The highest BCUT2D eigenvalue weighted by Crippen LogP contribution is 2.15. The summed E-state index contributed by atoms with van der Waals surface area (Å²) in [6.07, 6.45) is 5.00. The second kappa shape index (κ2) is 7.97. The van der Waals surface area contributed by atoms with E-state index < -0.39 is 5.97 Å². The highest BCUT2D eigenvalue weighted by molar-refractivity contribution is 5.95. The zero-order valence-electron chi connectivity index (χ0n) is 11.4. The van der Waals surface area contributed by atoms with Gasteiger partial charge in [0.2, 0.25) is 5.91 Å². The average Bonchev–Trinajstić information content (AvgIpc) is 2.41. The van der Waals surface area contributed by atoms with Crippen molar-refractivity contribution in [3.63, 3.8) is 0 Å². The monoisotopic (exact) mass is 274 g/mol. The molecule has 0 aliphatic rings. The minimum atomic E-state index is -0.938. The van der Waals surface area contributed by atoms with Gasteiger partial charge in [-0.3, -0.25) is 14.9 Å². The lowest BCUT2D eigenvalue weighted by molar-refractivity contribution is -0.136. The zero-order chi connectivity index (χ0) is 15.0. The Morgan fingerprint density at radius 1 is 1.35 bits per heavy atom. The number of hydrogen-bond acceptors (Lipinski definition) is 3. The van der Waals surface area contributed by atoms with Crippen molar-refractivity contribution in [3.8, 4) is 12.3 Å². The maximum absolute atomic E-state index is 12.1. The number of aliphatic carboxylic acids is 1. The van der Waals surface area contributed by atoms with E-state index in [0.29, 0.717) is 12.2 Å². The Kier molecular flexibility index (Phi) is 6.27. The second-order valence-corrected chi connectivity index (χ2v) is 4.33. The molecule has 0 aromatic heterocycles. The average molecular weight is 274 g/mol. The molecule has 1 rings (SSSR count). The summed E-state index contributed by atoms with van der Waals surface area (Å²) >= 11 is 0. The van der Waals surface area contributed by atoms with Gasteiger partial charge in [0.15, 0.2) is 0 Å². The minimum Gasteiger partial charge on any atom is -0.481 e. The van der Waals surface area contributed by atoms with Crippen molar-refractivity contribution in [1.82, 2.24) is 5.32 Å². The quantitative estimate of drug-likeness (QED) is 0.575. The molecule has 5 nitrogen and oxygen atoms in total. The summed E-state index contributed by atoms with van der Waals surface area (Å²) < 4.78 is 0. The maximum atomic E-state index is 12.1. The smallest absolute Gasteiger partial charge is 0.305 e. The van der Waals surface area contributed by atoms with Gasteiger partial charge in [-0.15, -0.1) is 6.42 Å². The van der Waals surface area contributed by atoms with Crippen LogP contribution in [0.15, 0.2) is 24.3 Å². The predicted octanol–water partition coefficient (Wildman–Crippen LogP) is 1.03. The van der Waals surface area contributed by atoms with Gasteiger partial charge in [0.05, 0.1) is 19.5 Å². The van der Waals surface area contributed by atoms with Crippen LogP contribution in [0.25, 0.3) is 0 Å². The van der Waals surface area contributed by atoms with Gasteiger partial charge in [-0.1, -0.05) is 23.6 Å². The first kappa shape index (κ1) is 15.7. The Bertz CT molecular complexity index is 503. The molecule has 0 unspecified atom stereocenters. The third kappa shape index (κ3) is 5.12. The van der Waals surface area contributed by atoms with Crippen LogP contribution < -0.4 is 10.2 Å². The van der Waals surface area contributed by atoms with Crippen molar-refractivity contribution in [3.05, 3.63) is 29.8 Å². The standard InChI is InChI=1S/C15H18N2O3/c1-3-9-16-11-14(18)17(10-8-15(19)20)13-6-4-12(2)5-7-13/h1,4-7,16H,8-11H2,2H3,(H,19,20). The largest absolute Gasteiger partial charge is 0.481 e. The molecule has 0 bridgehead atoms. The summed E-state index contributed by atoms with van der Waals surface area (Å²) in [4.78, 5) is 24.3. The molecule has 1 aromatic carbocycles. The molecule has 0 aliphatic carbocycles. The van der Waals surface area contributed by atoms with Crippen LogP contribution in [0.1, 0.15) is 12.0 Å². The molecule has 2 N–H and O–H groups in total. The molecule has 0 aliphatic heterocycles. The van der Waals surface area contributed by atoms with E-state index in [9.17, 15) is 9.59 Å². The molecular formula is C15H18N2O3. The molecule has 0 heterocycles. The van der Waals surface area contributed by atoms with Crippen LogP contribution in [0.5, 0.6) is 0 Å². The number of carbonyl (C=O) groups is 2. The Morgan fingerprint density at radius 2 is 2.00 bits per heavy atom. The fourth-order valence-electron chi connectivity index (χ4n) is 1.67. The molecule has 0 spiro atoms. The van der Waals surface area contributed by atoms with E-state index in [1.54, 1.807) is 12.1 Å². The number of carbonyl (C=O) groups excluding carboxylic acids is 1. The van der Waals surface area contributed by atoms with E-state index in [-0.39, 0.29) is 25.4 Å². The number of aryl methyl sites for hydroxylation is 1. The summed E-state index contributed by atoms with van der Waals surface area (Å²) in [5.41, 5.74) is 1.76. The number of anilines is 1. The molecule has 1 aromatic rings. The first-order valence-electron chi connectivity index (χ1n) is 6.27. The number of terminal acetylenes is 1. The molecular weight excluding hydrogens is 256 g/mol. The molecule has 0 saturated carbocycles. The first-order chi connectivity index (χ1) is 9.54. The van der Waals surface area contributed by atoms with Crippen LogP contribution in [0.3, 0.4) is 0 Å². The topological polar surface area (TPSA) is 69.6 Å². The number of carboxylic acids is 1. The van der Waals surface area contributed by atoms with Crippen molar-refractivity contribution in [1.29, 1.82) is 0 Å². The third-order valence-electron chi connectivity index (χ3n) is 2.70. The number of nitrogens with zero attached hydrogens (tertiary/aromatic N) is 1. The highest BCUT2D eigenvalue weighted by atomic mass is 16.4. The van der Waals surface area contributed by atoms with Gasteiger partial charge in [0, 0.05) is 12.2 Å². The SMILES string of the molecule is C#CCNCC(=O)N(CCC(=O)O)c1ccc(C)cc1. The Hall–Kier alpha value is -2.32. The number of hydrogen-bond donors (Lipinski definition) is 2. The van der Waals surface area contributed by atoms with Crippen LogP contribution in [0, 0.1) is 19.3 Å². The van der Waals surface area contributed by atoms with Crippen LogP contribution in [-0.4, -0.2) is 36.6 Å². The van der Waals surface area contributed by atoms with Gasteiger partial charge in [-0.05, 0) is 19.1 Å². The van der Waals surface area contributed by atoms with Crippen LogP contribution in [0.4, 0.5) is 5.69 Å². The van der Waals surface area contributed by atoms with Crippen molar-refractivity contribution >= 4 is 17.6 Å². The Balaban J connectivity index is 2.78. The third-order valence-corrected chi connectivity index (χ3v) is 2.70. The van der Waals surface area contributed by atoms with Crippen LogP contribution in [-0.2, 0) is 9.59 Å². The lowest BCUT2D eigenvalue weighted by Gasteiger charge is -2.22. The molecule has 0 radical (unpaired) electrons. The fourth-order valence-corrected chi connectivity index (χ4v) is 1.67. The lowest BCUT2D eigenvalue weighted by atomic mass is 10.2. The molecule has 0 fully saturated rings. The normalized spacial score (nSPS) is 9.80. The number of amides is 1. The highest BCUT2D eigenvalue weighted by Gasteiger charge is 2.16. The minimum absolute atomic E-state index is 0.0810. The summed E-state index contributed by atoms with van der Waals surface area (Å²) in [6, 6.07) is 7.36. The summed E-state index contributed by atoms with van der Waals surface area (Å²) in [5.74, 6) is 1.24. The van der Waals surface area contributed by atoms with E-state index in [0.717, 1.165) is 5.56 Å². The van der Waals surface area contributed by atoms with Gasteiger partial charge in [-0.25, -0.2) is 0 Å². The molecule has 1 amide bonds. The molecule has 0 saturated heterocycles. The van der Waals surface area contributed by atoms with E-state index in [1.165, 1.54) is 4.90 Å². The molecule has 5 heteroatoms. The van der Waals surface area contributed by atoms with E-state index in [2.05, 4.69) is 11.2 Å².